The second-order valence-electron chi connectivity index (χ2n) is 5.29. The predicted molar refractivity (Wildman–Crippen MR) is 88.7 cm³/mol. The highest BCUT2D eigenvalue weighted by Gasteiger charge is 2.22. The normalized spacial score (nSPS) is 10.7. The minimum atomic E-state index is -0.924. The number of nitrogens with zero attached hydrogens (tertiary/aromatic N) is 1. The third kappa shape index (κ3) is 2.80. The lowest BCUT2D eigenvalue weighted by molar-refractivity contribution is 0.0595. The quantitative estimate of drug-likeness (QED) is 0.740. The molecule has 2 aromatic carbocycles. The summed E-state index contributed by atoms with van der Waals surface area (Å²) in [5, 5.41) is 10.5. The Morgan fingerprint density at radius 2 is 1.92 bits per heavy atom. The number of ether oxygens (including phenoxy) is 2. The van der Waals surface area contributed by atoms with E-state index in [1.807, 2.05) is 0 Å². The summed E-state index contributed by atoms with van der Waals surface area (Å²) in [6.07, 6.45) is 0. The van der Waals surface area contributed by atoms with Crippen LogP contribution in [0.4, 0.5) is 4.39 Å². The van der Waals surface area contributed by atoms with Gasteiger partial charge < -0.3 is 19.1 Å². The Balaban J connectivity index is 2.16. The summed E-state index contributed by atoms with van der Waals surface area (Å²) in [5.74, 6) is -1.62. The Morgan fingerprint density at radius 1 is 1.20 bits per heavy atom. The highest BCUT2D eigenvalue weighted by molar-refractivity contribution is 5.99. The fraction of sp³-hybridized carbons (Fsp3) is 0.111. The van der Waals surface area contributed by atoms with Crippen molar-refractivity contribution in [3.05, 3.63) is 64.2 Å². The van der Waals surface area contributed by atoms with Gasteiger partial charge in [-0.05, 0) is 24.3 Å². The van der Waals surface area contributed by atoms with Gasteiger partial charge in [-0.15, -0.1) is 0 Å². The maximum absolute atomic E-state index is 13.7. The van der Waals surface area contributed by atoms with Gasteiger partial charge in [0.15, 0.2) is 17.1 Å². The van der Waals surface area contributed by atoms with Crippen LogP contribution in [0.2, 0.25) is 0 Å². The molecular formula is C18H14FNO5. The molecule has 25 heavy (non-hydrogen) atoms. The van der Waals surface area contributed by atoms with Crippen LogP contribution in [0.3, 0.4) is 0 Å². The van der Waals surface area contributed by atoms with Crippen molar-refractivity contribution in [1.82, 2.24) is 4.57 Å². The van der Waals surface area contributed by atoms with Gasteiger partial charge in [-0.25, -0.2) is 9.18 Å². The predicted octanol–water partition coefficient (Wildman–Crippen LogP) is 2.96. The van der Waals surface area contributed by atoms with E-state index in [1.54, 1.807) is 12.1 Å². The highest BCUT2D eigenvalue weighted by atomic mass is 19.1. The van der Waals surface area contributed by atoms with E-state index < -0.39 is 28.7 Å². The fourth-order valence-electron chi connectivity index (χ4n) is 2.51. The molecule has 0 radical (unpaired) electrons. The van der Waals surface area contributed by atoms with Crippen LogP contribution in [0.15, 0.2) is 47.3 Å². The number of rotatable bonds is 3. The lowest BCUT2D eigenvalue weighted by atomic mass is 10.1. The van der Waals surface area contributed by atoms with Gasteiger partial charge in [0.25, 0.3) is 5.56 Å². The SMILES string of the molecule is COC(=O)c1c(O)c2ccc(Oc3ccccc3F)cc2n(C)c1=O. The van der Waals surface area contributed by atoms with Crippen LogP contribution in [0.25, 0.3) is 10.9 Å². The summed E-state index contributed by atoms with van der Waals surface area (Å²) in [6.45, 7) is 0. The lowest BCUT2D eigenvalue weighted by Crippen LogP contribution is -2.25. The molecule has 0 aliphatic heterocycles. The van der Waals surface area contributed by atoms with Crippen LogP contribution >= 0.6 is 0 Å². The summed E-state index contributed by atoms with van der Waals surface area (Å²) < 4.78 is 24.9. The van der Waals surface area contributed by atoms with Crippen LogP contribution in [-0.2, 0) is 11.8 Å². The van der Waals surface area contributed by atoms with Crippen molar-refractivity contribution in [1.29, 1.82) is 0 Å². The molecule has 0 saturated heterocycles. The summed E-state index contributed by atoms with van der Waals surface area (Å²) in [4.78, 5) is 24.1. The Labute approximate surface area is 141 Å². The molecule has 0 atom stereocenters. The summed E-state index contributed by atoms with van der Waals surface area (Å²) in [6, 6.07) is 10.4. The van der Waals surface area contributed by atoms with Crippen LogP contribution in [-0.4, -0.2) is 22.8 Å². The van der Waals surface area contributed by atoms with Gasteiger partial charge in [0.05, 0.1) is 12.6 Å². The molecule has 0 aliphatic carbocycles. The molecule has 0 amide bonds. The number of aromatic nitrogens is 1. The third-order valence-electron chi connectivity index (χ3n) is 3.79. The van der Waals surface area contributed by atoms with Gasteiger partial charge in [-0.2, -0.15) is 0 Å². The summed E-state index contributed by atoms with van der Waals surface area (Å²) in [7, 11) is 2.57. The monoisotopic (exact) mass is 343 g/mol. The van der Waals surface area contributed by atoms with E-state index in [0.29, 0.717) is 5.52 Å². The largest absolute Gasteiger partial charge is 0.506 e. The second kappa shape index (κ2) is 6.27. The first-order valence-electron chi connectivity index (χ1n) is 7.30. The number of carbonyl (C=O) groups excluding carboxylic acids is 1. The third-order valence-corrected chi connectivity index (χ3v) is 3.79. The van der Waals surface area contributed by atoms with Gasteiger partial charge >= 0.3 is 5.97 Å². The molecular weight excluding hydrogens is 329 g/mol. The standard InChI is InChI=1S/C18H14FNO5/c1-20-13-9-10(25-14-6-4-3-5-12(14)19)7-8-11(13)16(21)15(17(20)22)18(23)24-2/h3-9,21H,1-2H3. The average molecular weight is 343 g/mol. The molecule has 0 unspecified atom stereocenters. The van der Waals surface area contributed by atoms with Crippen molar-refractivity contribution in [3.8, 4) is 17.2 Å². The number of hydrogen-bond donors (Lipinski definition) is 1. The number of fused-ring (bicyclic) bond motifs is 1. The minimum absolute atomic E-state index is 0.0299. The molecule has 1 heterocycles. The maximum Gasteiger partial charge on any atom is 0.347 e. The molecule has 1 N–H and O–H groups in total. The molecule has 0 aliphatic rings. The van der Waals surface area contributed by atoms with E-state index in [9.17, 15) is 19.1 Å². The van der Waals surface area contributed by atoms with Crippen LogP contribution < -0.4 is 10.3 Å². The number of aryl methyl sites for hydroxylation is 1. The van der Waals surface area contributed by atoms with Crippen LogP contribution in [0, 0.1) is 5.82 Å². The number of carbonyl (C=O) groups is 1. The van der Waals surface area contributed by atoms with Gasteiger partial charge in [-0.1, -0.05) is 12.1 Å². The van der Waals surface area contributed by atoms with Crippen molar-refractivity contribution in [2.75, 3.05) is 7.11 Å². The summed E-state index contributed by atoms with van der Waals surface area (Å²) >= 11 is 0. The number of methoxy groups -OCH3 is 1. The first kappa shape index (κ1) is 16.5. The zero-order chi connectivity index (χ0) is 18.1. The van der Waals surface area contributed by atoms with Crippen molar-refractivity contribution >= 4 is 16.9 Å². The number of pyridine rings is 1. The van der Waals surface area contributed by atoms with E-state index in [4.69, 9.17) is 4.74 Å². The molecule has 128 valence electrons. The van der Waals surface area contributed by atoms with Gasteiger partial charge in [0.2, 0.25) is 0 Å². The van der Waals surface area contributed by atoms with Gasteiger partial charge in [0, 0.05) is 18.5 Å². The van der Waals surface area contributed by atoms with Crippen molar-refractivity contribution < 1.29 is 23.8 Å². The smallest absolute Gasteiger partial charge is 0.347 e. The number of esters is 1. The first-order valence-corrected chi connectivity index (χ1v) is 7.30. The molecule has 0 saturated carbocycles. The maximum atomic E-state index is 13.7. The Bertz CT molecular complexity index is 1040. The van der Waals surface area contributed by atoms with Crippen LogP contribution in [0.1, 0.15) is 10.4 Å². The molecule has 3 aromatic rings. The Morgan fingerprint density at radius 3 is 2.60 bits per heavy atom. The van der Waals surface area contributed by atoms with Crippen molar-refractivity contribution in [2.24, 2.45) is 7.05 Å². The second-order valence-corrected chi connectivity index (χ2v) is 5.29. The minimum Gasteiger partial charge on any atom is -0.506 e. The fourth-order valence-corrected chi connectivity index (χ4v) is 2.51. The molecule has 6 nitrogen and oxygen atoms in total. The van der Waals surface area contributed by atoms with Crippen molar-refractivity contribution in [2.45, 2.75) is 0 Å². The van der Waals surface area contributed by atoms with E-state index in [2.05, 4.69) is 4.74 Å². The van der Waals surface area contributed by atoms with E-state index in [0.717, 1.165) is 7.11 Å². The number of halogens is 1. The lowest BCUT2D eigenvalue weighted by Gasteiger charge is -2.12. The van der Waals surface area contributed by atoms with Crippen molar-refractivity contribution in [3.63, 3.8) is 0 Å². The number of aromatic hydroxyl groups is 1. The summed E-state index contributed by atoms with van der Waals surface area (Å²) in [5.41, 5.74) is -0.829. The zero-order valence-corrected chi connectivity index (χ0v) is 13.4. The Kier molecular flexibility index (Phi) is 4.14. The number of benzene rings is 2. The molecule has 0 spiro atoms. The first-order chi connectivity index (χ1) is 11.9. The average Bonchev–Trinajstić information content (AvgIpc) is 2.61. The highest BCUT2D eigenvalue weighted by Crippen LogP contribution is 2.31. The van der Waals surface area contributed by atoms with E-state index >= 15 is 0 Å². The zero-order valence-electron chi connectivity index (χ0n) is 13.4. The van der Waals surface area contributed by atoms with E-state index in [1.165, 1.54) is 41.9 Å². The molecule has 0 bridgehead atoms. The van der Waals surface area contributed by atoms with Crippen LogP contribution in [0.5, 0.6) is 17.2 Å². The molecule has 0 fully saturated rings. The Hall–Kier alpha value is -3.35. The molecule has 7 heteroatoms. The molecule has 1 aromatic heterocycles. The van der Waals surface area contributed by atoms with Gasteiger partial charge in [0.1, 0.15) is 11.5 Å². The number of hydrogen-bond acceptors (Lipinski definition) is 5. The topological polar surface area (TPSA) is 77.8 Å². The van der Waals surface area contributed by atoms with Gasteiger partial charge in [-0.3, -0.25) is 4.79 Å². The van der Waals surface area contributed by atoms with E-state index in [-0.39, 0.29) is 16.9 Å². The number of para-hydroxylation sites is 1. The molecule has 3 rings (SSSR count).